The Bertz CT molecular complexity index is 867. The summed E-state index contributed by atoms with van der Waals surface area (Å²) in [5.41, 5.74) is 8.00. The summed E-state index contributed by atoms with van der Waals surface area (Å²) >= 11 is 2.83. The number of carbonyl (C=O) groups excluding carboxylic acids is 2. The molecule has 0 aliphatic carbocycles. The summed E-state index contributed by atoms with van der Waals surface area (Å²) in [6.45, 7) is 8.65. The van der Waals surface area contributed by atoms with E-state index >= 15 is 0 Å². The molecule has 2 aromatic rings. The zero-order chi connectivity index (χ0) is 19.8. The van der Waals surface area contributed by atoms with Gasteiger partial charge in [-0.3, -0.25) is 0 Å². The van der Waals surface area contributed by atoms with Crippen LogP contribution in [0.2, 0.25) is 0 Å². The Morgan fingerprint density at radius 1 is 1.37 bits per heavy atom. The van der Waals surface area contributed by atoms with E-state index in [9.17, 15) is 9.59 Å². The van der Waals surface area contributed by atoms with E-state index in [0.29, 0.717) is 41.8 Å². The largest absolute Gasteiger partial charge is 0.461 e. The Hall–Kier alpha value is -2.13. The van der Waals surface area contributed by atoms with E-state index in [-0.39, 0.29) is 6.09 Å². The average molecular weight is 410 g/mol. The number of nitrogen functional groups attached to an aromatic ring is 1. The van der Waals surface area contributed by atoms with Crippen LogP contribution in [0.15, 0.2) is 5.38 Å². The van der Waals surface area contributed by atoms with Gasteiger partial charge in [-0.15, -0.1) is 22.7 Å². The number of esters is 1. The number of anilines is 1. The maximum absolute atomic E-state index is 12.3. The van der Waals surface area contributed by atoms with Crippen molar-refractivity contribution in [2.75, 3.05) is 18.9 Å². The molecule has 1 aliphatic rings. The molecule has 2 N–H and O–H groups in total. The van der Waals surface area contributed by atoms with E-state index in [2.05, 4.69) is 4.98 Å². The third kappa shape index (κ3) is 4.24. The first-order chi connectivity index (χ1) is 12.7. The number of thiophene rings is 1. The summed E-state index contributed by atoms with van der Waals surface area (Å²) in [4.78, 5) is 31.3. The smallest absolute Gasteiger partial charge is 0.410 e. The topological polar surface area (TPSA) is 94.8 Å². The van der Waals surface area contributed by atoms with Gasteiger partial charge in [-0.2, -0.15) is 0 Å². The normalized spacial score (nSPS) is 14.0. The highest BCUT2D eigenvalue weighted by Crippen LogP contribution is 2.42. The molecule has 9 heteroatoms. The lowest BCUT2D eigenvalue weighted by molar-refractivity contribution is 0.0226. The monoisotopic (exact) mass is 409 g/mol. The fraction of sp³-hybridized carbons (Fsp3) is 0.500. The number of ether oxygens (including phenoxy) is 2. The molecule has 1 aliphatic heterocycles. The number of aromatic nitrogens is 1. The zero-order valence-corrected chi connectivity index (χ0v) is 17.5. The van der Waals surface area contributed by atoms with Crippen LogP contribution in [0.4, 0.5) is 9.80 Å². The van der Waals surface area contributed by atoms with Crippen molar-refractivity contribution in [1.82, 2.24) is 9.88 Å². The number of carbonyl (C=O) groups is 2. The number of nitrogens with zero attached hydrogens (tertiary/aromatic N) is 2. The van der Waals surface area contributed by atoms with E-state index in [1.54, 1.807) is 17.2 Å². The van der Waals surface area contributed by atoms with Gasteiger partial charge in [0.15, 0.2) is 5.69 Å². The molecule has 1 amide bonds. The van der Waals surface area contributed by atoms with Crippen molar-refractivity contribution in [2.45, 2.75) is 46.3 Å². The van der Waals surface area contributed by atoms with Gasteiger partial charge in [0.2, 0.25) is 0 Å². The quantitative estimate of drug-likeness (QED) is 0.772. The Kier molecular flexibility index (Phi) is 5.43. The molecule has 0 saturated heterocycles. The molecule has 0 radical (unpaired) electrons. The molecule has 0 bridgehead atoms. The van der Waals surface area contributed by atoms with Crippen LogP contribution in [0, 0.1) is 0 Å². The zero-order valence-electron chi connectivity index (χ0n) is 15.8. The maximum Gasteiger partial charge on any atom is 0.410 e. The summed E-state index contributed by atoms with van der Waals surface area (Å²) < 4.78 is 10.5. The molecular formula is C18H23N3O4S2. The number of amides is 1. The fourth-order valence-corrected chi connectivity index (χ4v) is 4.90. The van der Waals surface area contributed by atoms with Crippen LogP contribution < -0.4 is 5.73 Å². The molecule has 27 heavy (non-hydrogen) atoms. The Balaban J connectivity index is 1.83. The van der Waals surface area contributed by atoms with Crippen LogP contribution >= 0.6 is 22.7 Å². The molecule has 0 aromatic carbocycles. The van der Waals surface area contributed by atoms with E-state index in [0.717, 1.165) is 16.0 Å². The molecule has 0 saturated carbocycles. The van der Waals surface area contributed by atoms with Crippen molar-refractivity contribution in [2.24, 2.45) is 0 Å². The molecule has 0 fully saturated rings. The minimum Gasteiger partial charge on any atom is -0.461 e. The Morgan fingerprint density at radius 2 is 2.11 bits per heavy atom. The molecule has 146 valence electrons. The predicted molar refractivity (Wildman–Crippen MR) is 106 cm³/mol. The van der Waals surface area contributed by atoms with Gasteiger partial charge in [0, 0.05) is 22.4 Å². The minimum absolute atomic E-state index is 0.294. The van der Waals surface area contributed by atoms with Crippen LogP contribution in [-0.4, -0.2) is 40.7 Å². The lowest BCUT2D eigenvalue weighted by Crippen LogP contribution is -2.39. The lowest BCUT2D eigenvalue weighted by Gasteiger charge is -2.30. The van der Waals surface area contributed by atoms with Crippen molar-refractivity contribution >= 4 is 39.7 Å². The second-order valence-corrected chi connectivity index (χ2v) is 9.15. The molecule has 2 aromatic heterocycles. The summed E-state index contributed by atoms with van der Waals surface area (Å²) in [5, 5.41) is 3.04. The molecule has 3 rings (SSSR count). The minimum atomic E-state index is -0.526. The number of hydrogen-bond acceptors (Lipinski definition) is 8. The Labute approximate surface area is 166 Å². The summed E-state index contributed by atoms with van der Waals surface area (Å²) in [6, 6.07) is 0. The summed E-state index contributed by atoms with van der Waals surface area (Å²) in [7, 11) is 0. The van der Waals surface area contributed by atoms with Gasteiger partial charge in [0.1, 0.15) is 10.6 Å². The third-order valence-corrected chi connectivity index (χ3v) is 5.84. The van der Waals surface area contributed by atoms with Crippen LogP contribution in [0.25, 0.3) is 10.6 Å². The van der Waals surface area contributed by atoms with E-state index in [1.165, 1.54) is 22.7 Å². The van der Waals surface area contributed by atoms with Gasteiger partial charge >= 0.3 is 12.1 Å². The molecule has 0 unspecified atom stereocenters. The third-order valence-electron chi connectivity index (χ3n) is 3.94. The summed E-state index contributed by atoms with van der Waals surface area (Å²) in [6.07, 6.45) is 0.354. The van der Waals surface area contributed by atoms with E-state index in [4.69, 9.17) is 15.2 Å². The fourth-order valence-electron chi connectivity index (χ4n) is 2.83. The van der Waals surface area contributed by atoms with E-state index < -0.39 is 11.6 Å². The van der Waals surface area contributed by atoms with Crippen molar-refractivity contribution in [3.63, 3.8) is 0 Å². The first-order valence-corrected chi connectivity index (χ1v) is 10.4. The highest BCUT2D eigenvalue weighted by molar-refractivity contribution is 7.18. The van der Waals surface area contributed by atoms with Crippen LogP contribution in [0.5, 0.6) is 0 Å². The standard InChI is InChI=1S/C18H23N3O4S2/c1-5-24-16(22)11-9-26-15(20-11)13-10-6-7-21(8-12(10)27-14(13)19)17(23)25-18(2,3)4/h9H,5-8,19H2,1-4H3. The number of nitrogens with two attached hydrogens (primary N) is 1. The first kappa shape index (κ1) is 19.6. The second-order valence-electron chi connectivity index (χ2n) is 7.15. The molecule has 0 spiro atoms. The highest BCUT2D eigenvalue weighted by Gasteiger charge is 2.30. The second kappa shape index (κ2) is 7.47. The SMILES string of the molecule is CCOC(=O)c1csc(-c2c(N)sc3c2CCN(C(=O)OC(C)(C)C)C3)n1. The van der Waals surface area contributed by atoms with Gasteiger partial charge in [-0.05, 0) is 39.7 Å². The van der Waals surface area contributed by atoms with Crippen LogP contribution in [-0.2, 0) is 22.4 Å². The number of rotatable bonds is 3. The van der Waals surface area contributed by atoms with Gasteiger partial charge in [0.25, 0.3) is 0 Å². The van der Waals surface area contributed by atoms with Crippen molar-refractivity contribution in [3.05, 3.63) is 21.5 Å². The number of fused-ring (bicyclic) bond motifs is 1. The number of hydrogen-bond donors (Lipinski definition) is 1. The number of thiazole rings is 1. The van der Waals surface area contributed by atoms with Crippen molar-refractivity contribution in [1.29, 1.82) is 0 Å². The van der Waals surface area contributed by atoms with E-state index in [1.807, 2.05) is 20.8 Å². The van der Waals surface area contributed by atoms with Gasteiger partial charge < -0.3 is 20.1 Å². The molecule has 3 heterocycles. The Morgan fingerprint density at radius 3 is 2.78 bits per heavy atom. The van der Waals surface area contributed by atoms with Crippen molar-refractivity contribution < 1.29 is 19.1 Å². The van der Waals surface area contributed by atoms with Gasteiger partial charge in [-0.1, -0.05) is 0 Å². The lowest BCUT2D eigenvalue weighted by atomic mass is 10.0. The van der Waals surface area contributed by atoms with Crippen LogP contribution in [0.3, 0.4) is 0 Å². The molecule has 7 nitrogen and oxygen atoms in total. The molecular weight excluding hydrogens is 386 g/mol. The predicted octanol–water partition coefficient (Wildman–Crippen LogP) is 3.92. The van der Waals surface area contributed by atoms with Gasteiger partial charge in [0.05, 0.1) is 18.2 Å². The first-order valence-electron chi connectivity index (χ1n) is 8.70. The van der Waals surface area contributed by atoms with Crippen LogP contribution in [0.1, 0.15) is 48.6 Å². The summed E-state index contributed by atoms with van der Waals surface area (Å²) in [5.74, 6) is -0.432. The maximum atomic E-state index is 12.3. The van der Waals surface area contributed by atoms with Crippen molar-refractivity contribution in [3.8, 4) is 10.6 Å². The highest BCUT2D eigenvalue weighted by atomic mass is 32.1. The molecule has 0 atom stereocenters. The van der Waals surface area contributed by atoms with Gasteiger partial charge in [-0.25, -0.2) is 14.6 Å². The average Bonchev–Trinajstić information content (AvgIpc) is 3.16.